The summed E-state index contributed by atoms with van der Waals surface area (Å²) in [5, 5.41) is 10.2. The minimum absolute atomic E-state index is 0.239. The van der Waals surface area contributed by atoms with Crippen molar-refractivity contribution < 1.29 is 14.6 Å². The van der Waals surface area contributed by atoms with E-state index in [1.165, 1.54) is 11.1 Å². The molecule has 0 radical (unpaired) electrons. The van der Waals surface area contributed by atoms with Crippen LogP contribution < -0.4 is 0 Å². The van der Waals surface area contributed by atoms with Gasteiger partial charge >= 0.3 is 0 Å². The number of aryl methyl sites for hydroxylation is 1. The monoisotopic (exact) mass is 346 g/mol. The van der Waals surface area contributed by atoms with E-state index in [0.29, 0.717) is 6.54 Å². The fourth-order valence-electron chi connectivity index (χ4n) is 2.90. The first-order valence-electron chi connectivity index (χ1n) is 8.94. The third-order valence-electron chi connectivity index (χ3n) is 4.33. The van der Waals surface area contributed by atoms with E-state index in [1.54, 1.807) is 0 Å². The van der Waals surface area contributed by atoms with E-state index in [1.807, 2.05) is 0 Å². The maximum absolute atomic E-state index is 10.2. The summed E-state index contributed by atoms with van der Waals surface area (Å²) in [6.07, 6.45) is 4.64. The van der Waals surface area contributed by atoms with E-state index in [4.69, 9.17) is 15.9 Å². The van der Waals surface area contributed by atoms with Gasteiger partial charge in [0.25, 0.3) is 0 Å². The Kier molecular flexibility index (Phi) is 8.95. The minimum Gasteiger partial charge on any atom is -0.389 e. The van der Waals surface area contributed by atoms with Gasteiger partial charge in [-0.25, -0.2) is 0 Å². The van der Waals surface area contributed by atoms with Gasteiger partial charge in [-0.3, -0.25) is 9.80 Å². The van der Waals surface area contributed by atoms with E-state index in [0.717, 1.165) is 45.9 Å². The molecule has 1 aliphatic rings. The Labute approximate surface area is 151 Å². The maximum atomic E-state index is 10.2. The first-order valence-corrected chi connectivity index (χ1v) is 8.94. The first kappa shape index (κ1) is 19.9. The summed E-state index contributed by atoms with van der Waals surface area (Å²) in [4.78, 5) is 4.69. The van der Waals surface area contributed by atoms with Crippen molar-refractivity contribution in [2.24, 2.45) is 0 Å². The molecule has 25 heavy (non-hydrogen) atoms. The number of aliphatic hydroxyl groups excluding tert-OH is 1. The molecule has 1 aliphatic heterocycles. The van der Waals surface area contributed by atoms with Crippen LogP contribution in [0.5, 0.6) is 0 Å². The van der Waals surface area contributed by atoms with Gasteiger partial charge in [0.2, 0.25) is 0 Å². The van der Waals surface area contributed by atoms with E-state index >= 15 is 0 Å². The van der Waals surface area contributed by atoms with Crippen LogP contribution in [0.4, 0.5) is 0 Å². The molecule has 1 heterocycles. The zero-order chi connectivity index (χ0) is 17.9. The molecule has 1 aromatic rings. The zero-order valence-corrected chi connectivity index (χ0v) is 15.2. The number of nitrogens with zero attached hydrogens (tertiary/aromatic N) is 2. The molecule has 5 heteroatoms. The molecular weight excluding hydrogens is 316 g/mol. The molecule has 2 rings (SSSR count). The average molecular weight is 346 g/mol. The van der Waals surface area contributed by atoms with Gasteiger partial charge in [-0.1, -0.05) is 35.7 Å². The van der Waals surface area contributed by atoms with Crippen molar-refractivity contribution in [3.8, 4) is 12.3 Å². The van der Waals surface area contributed by atoms with Crippen LogP contribution in [0.1, 0.15) is 11.1 Å². The van der Waals surface area contributed by atoms with Crippen LogP contribution in [0.2, 0.25) is 0 Å². The molecule has 5 nitrogen and oxygen atoms in total. The molecule has 1 N–H and O–H groups in total. The number of aliphatic hydroxyl groups is 1. The molecule has 1 fully saturated rings. The van der Waals surface area contributed by atoms with Crippen molar-refractivity contribution in [3.63, 3.8) is 0 Å². The van der Waals surface area contributed by atoms with Crippen molar-refractivity contribution in [1.82, 2.24) is 9.80 Å². The van der Waals surface area contributed by atoms with E-state index in [9.17, 15) is 5.11 Å². The lowest BCUT2D eigenvalue weighted by molar-refractivity contribution is 0.0136. The topological polar surface area (TPSA) is 45.2 Å². The van der Waals surface area contributed by atoms with Crippen molar-refractivity contribution in [3.05, 3.63) is 35.4 Å². The number of terminal acetylenes is 1. The molecule has 0 unspecified atom stereocenters. The van der Waals surface area contributed by atoms with Crippen LogP contribution in [-0.4, -0.2) is 80.2 Å². The standard InChI is InChI=1S/C20H30N2O3/c1-3-12-25-17-20(23)16-22(9-8-21-10-13-24-14-11-21)15-19-6-4-18(2)5-7-19/h1,4-7,20,23H,8-17H2,2H3/t20-/m1/s1. The highest BCUT2D eigenvalue weighted by Gasteiger charge is 2.16. The van der Waals surface area contributed by atoms with Crippen molar-refractivity contribution in [2.75, 3.05) is 59.2 Å². The highest BCUT2D eigenvalue weighted by atomic mass is 16.5. The largest absolute Gasteiger partial charge is 0.389 e. The third-order valence-corrected chi connectivity index (χ3v) is 4.33. The summed E-state index contributed by atoms with van der Waals surface area (Å²) >= 11 is 0. The van der Waals surface area contributed by atoms with E-state index < -0.39 is 6.10 Å². The summed E-state index contributed by atoms with van der Waals surface area (Å²) in [5.41, 5.74) is 2.51. The zero-order valence-electron chi connectivity index (χ0n) is 15.2. The van der Waals surface area contributed by atoms with Gasteiger partial charge in [0.1, 0.15) is 6.61 Å². The molecule has 0 amide bonds. The predicted molar refractivity (Wildman–Crippen MR) is 99.4 cm³/mol. The van der Waals surface area contributed by atoms with Crippen molar-refractivity contribution in [1.29, 1.82) is 0 Å². The van der Waals surface area contributed by atoms with Gasteiger partial charge in [0, 0.05) is 39.3 Å². The molecule has 0 saturated carbocycles. The molecule has 1 saturated heterocycles. The van der Waals surface area contributed by atoms with Gasteiger partial charge in [0.05, 0.1) is 25.9 Å². The van der Waals surface area contributed by atoms with E-state index in [2.05, 4.69) is 46.9 Å². The first-order chi connectivity index (χ1) is 12.2. The van der Waals surface area contributed by atoms with E-state index in [-0.39, 0.29) is 13.2 Å². The lowest BCUT2D eigenvalue weighted by atomic mass is 10.1. The Bertz CT molecular complexity index is 521. The quantitative estimate of drug-likeness (QED) is 0.508. The van der Waals surface area contributed by atoms with Gasteiger partial charge in [0.15, 0.2) is 0 Å². The fourth-order valence-corrected chi connectivity index (χ4v) is 2.90. The Morgan fingerprint density at radius 1 is 1.32 bits per heavy atom. The van der Waals surface area contributed by atoms with Crippen molar-refractivity contribution in [2.45, 2.75) is 19.6 Å². The highest BCUT2D eigenvalue weighted by molar-refractivity contribution is 5.21. The van der Waals surface area contributed by atoms with Crippen LogP contribution in [0.25, 0.3) is 0 Å². The van der Waals surface area contributed by atoms with Crippen LogP contribution in [0.15, 0.2) is 24.3 Å². The Morgan fingerprint density at radius 2 is 2.04 bits per heavy atom. The number of ether oxygens (including phenoxy) is 2. The van der Waals surface area contributed by atoms with Gasteiger partial charge in [-0.15, -0.1) is 6.42 Å². The summed E-state index contributed by atoms with van der Waals surface area (Å²) < 4.78 is 10.7. The average Bonchev–Trinajstić information content (AvgIpc) is 2.63. The number of morpholine rings is 1. The van der Waals surface area contributed by atoms with Crippen LogP contribution >= 0.6 is 0 Å². The number of benzene rings is 1. The molecule has 138 valence electrons. The Hall–Kier alpha value is -1.42. The van der Waals surface area contributed by atoms with Crippen LogP contribution in [0.3, 0.4) is 0 Å². The number of hydrogen-bond acceptors (Lipinski definition) is 5. The van der Waals surface area contributed by atoms with Crippen LogP contribution in [0, 0.1) is 19.3 Å². The Morgan fingerprint density at radius 3 is 2.72 bits per heavy atom. The number of hydrogen-bond donors (Lipinski definition) is 1. The summed E-state index contributed by atoms with van der Waals surface area (Å²) in [5.74, 6) is 2.42. The second-order valence-electron chi connectivity index (χ2n) is 6.55. The van der Waals surface area contributed by atoms with Crippen molar-refractivity contribution >= 4 is 0 Å². The molecule has 0 aliphatic carbocycles. The van der Waals surface area contributed by atoms with Gasteiger partial charge < -0.3 is 14.6 Å². The predicted octanol–water partition coefficient (Wildman–Crippen LogP) is 1.14. The SMILES string of the molecule is C#CCOC[C@H](O)CN(CCN1CCOCC1)Cc1ccc(C)cc1. The van der Waals surface area contributed by atoms with Gasteiger partial charge in [-0.2, -0.15) is 0 Å². The second kappa shape index (κ2) is 11.2. The summed E-state index contributed by atoms with van der Waals surface area (Å²) in [6, 6.07) is 8.56. The molecule has 1 atom stereocenters. The lowest BCUT2D eigenvalue weighted by Crippen LogP contribution is -2.43. The molecule has 0 aromatic heterocycles. The maximum Gasteiger partial charge on any atom is 0.107 e. The normalized spacial score (nSPS) is 16.7. The third kappa shape index (κ3) is 8.00. The van der Waals surface area contributed by atoms with Crippen LogP contribution in [-0.2, 0) is 16.0 Å². The summed E-state index contributed by atoms with van der Waals surface area (Å²) in [6.45, 7) is 9.44. The molecule has 0 bridgehead atoms. The Balaban J connectivity index is 1.87. The molecule has 1 aromatic carbocycles. The fraction of sp³-hybridized carbons (Fsp3) is 0.600. The lowest BCUT2D eigenvalue weighted by Gasteiger charge is -2.31. The summed E-state index contributed by atoms with van der Waals surface area (Å²) in [7, 11) is 0. The highest BCUT2D eigenvalue weighted by Crippen LogP contribution is 2.09. The second-order valence-corrected chi connectivity index (χ2v) is 6.55. The smallest absolute Gasteiger partial charge is 0.107 e. The van der Waals surface area contributed by atoms with Gasteiger partial charge in [-0.05, 0) is 12.5 Å². The minimum atomic E-state index is -0.538. The molecular formula is C20H30N2O3. The number of rotatable bonds is 10. The molecule has 0 spiro atoms.